The fourth-order valence-electron chi connectivity index (χ4n) is 2.07. The van der Waals surface area contributed by atoms with E-state index in [-0.39, 0.29) is 12.0 Å². The van der Waals surface area contributed by atoms with E-state index in [4.69, 9.17) is 5.11 Å². The average Bonchev–Trinajstić information content (AvgIpc) is 2.03. The number of nitrogens with one attached hydrogen (secondary N) is 1. The lowest BCUT2D eigenvalue weighted by Gasteiger charge is -2.33. The summed E-state index contributed by atoms with van der Waals surface area (Å²) < 4.78 is 0. The SMILES string of the molecule is CC(O)[C@H]1CCCC[C@@H]1NC(=O)O. The second-order valence-electron chi connectivity index (χ2n) is 3.74. The van der Waals surface area contributed by atoms with E-state index in [1.54, 1.807) is 6.92 Å². The monoisotopic (exact) mass is 187 g/mol. The van der Waals surface area contributed by atoms with Crippen LogP contribution in [0.1, 0.15) is 32.6 Å². The van der Waals surface area contributed by atoms with E-state index in [9.17, 15) is 9.90 Å². The third-order valence-electron chi connectivity index (χ3n) is 2.75. The van der Waals surface area contributed by atoms with Crippen molar-refractivity contribution in [3.05, 3.63) is 0 Å². The molecule has 1 unspecified atom stereocenters. The Kier molecular flexibility index (Phi) is 3.54. The van der Waals surface area contributed by atoms with Crippen LogP contribution in [0.15, 0.2) is 0 Å². The average molecular weight is 187 g/mol. The maximum atomic E-state index is 10.4. The molecule has 0 aliphatic heterocycles. The number of carbonyl (C=O) groups is 1. The topological polar surface area (TPSA) is 69.6 Å². The van der Waals surface area contributed by atoms with Gasteiger partial charge >= 0.3 is 6.09 Å². The Balaban J connectivity index is 2.51. The van der Waals surface area contributed by atoms with E-state index in [0.717, 1.165) is 25.7 Å². The van der Waals surface area contributed by atoms with Gasteiger partial charge in [-0.3, -0.25) is 0 Å². The van der Waals surface area contributed by atoms with Gasteiger partial charge in [0.1, 0.15) is 0 Å². The molecule has 0 bridgehead atoms. The van der Waals surface area contributed by atoms with Crippen LogP contribution in [0.5, 0.6) is 0 Å². The molecule has 1 saturated carbocycles. The molecule has 3 atom stereocenters. The Morgan fingerprint density at radius 2 is 2.08 bits per heavy atom. The van der Waals surface area contributed by atoms with Crippen LogP contribution in [0.4, 0.5) is 4.79 Å². The van der Waals surface area contributed by atoms with E-state index in [1.165, 1.54) is 0 Å². The van der Waals surface area contributed by atoms with Gasteiger partial charge in [0, 0.05) is 12.0 Å². The zero-order valence-corrected chi connectivity index (χ0v) is 7.86. The van der Waals surface area contributed by atoms with E-state index < -0.39 is 12.2 Å². The van der Waals surface area contributed by atoms with Gasteiger partial charge in [-0.1, -0.05) is 12.8 Å². The second kappa shape index (κ2) is 4.46. The van der Waals surface area contributed by atoms with Crippen molar-refractivity contribution < 1.29 is 15.0 Å². The number of amides is 1. The van der Waals surface area contributed by atoms with Gasteiger partial charge in [-0.2, -0.15) is 0 Å². The largest absolute Gasteiger partial charge is 0.465 e. The summed E-state index contributed by atoms with van der Waals surface area (Å²) in [4.78, 5) is 10.4. The minimum absolute atomic E-state index is 0.0637. The highest BCUT2D eigenvalue weighted by Crippen LogP contribution is 2.26. The van der Waals surface area contributed by atoms with Crippen molar-refractivity contribution >= 4 is 6.09 Å². The first-order chi connectivity index (χ1) is 6.11. The zero-order valence-electron chi connectivity index (χ0n) is 7.86. The number of carboxylic acid groups (broad SMARTS) is 1. The first-order valence-electron chi connectivity index (χ1n) is 4.79. The molecular weight excluding hydrogens is 170 g/mol. The number of hydrogen-bond donors (Lipinski definition) is 3. The van der Waals surface area contributed by atoms with Crippen molar-refractivity contribution in [2.45, 2.75) is 44.8 Å². The van der Waals surface area contributed by atoms with Crippen molar-refractivity contribution in [3.8, 4) is 0 Å². The van der Waals surface area contributed by atoms with Crippen LogP contribution in [0, 0.1) is 5.92 Å². The maximum Gasteiger partial charge on any atom is 0.404 e. The molecule has 1 aliphatic rings. The minimum atomic E-state index is -0.988. The summed E-state index contributed by atoms with van der Waals surface area (Å²) >= 11 is 0. The smallest absolute Gasteiger partial charge is 0.404 e. The second-order valence-corrected chi connectivity index (χ2v) is 3.74. The van der Waals surface area contributed by atoms with Gasteiger partial charge in [0.25, 0.3) is 0 Å². The van der Waals surface area contributed by atoms with Gasteiger partial charge in [-0.05, 0) is 19.8 Å². The van der Waals surface area contributed by atoms with Crippen molar-refractivity contribution in [1.82, 2.24) is 5.32 Å². The molecule has 0 heterocycles. The Morgan fingerprint density at radius 3 is 2.62 bits per heavy atom. The zero-order chi connectivity index (χ0) is 9.84. The predicted octanol–water partition coefficient (Wildman–Crippen LogP) is 1.19. The van der Waals surface area contributed by atoms with Crippen molar-refractivity contribution in [2.24, 2.45) is 5.92 Å². The quantitative estimate of drug-likeness (QED) is 0.608. The van der Waals surface area contributed by atoms with Crippen LogP contribution >= 0.6 is 0 Å². The summed E-state index contributed by atoms with van der Waals surface area (Å²) in [6.07, 6.45) is 2.50. The fourth-order valence-corrected chi connectivity index (χ4v) is 2.07. The molecule has 0 saturated heterocycles. The highest BCUT2D eigenvalue weighted by atomic mass is 16.4. The molecule has 1 amide bonds. The number of rotatable bonds is 2. The van der Waals surface area contributed by atoms with E-state index in [1.807, 2.05) is 0 Å². The van der Waals surface area contributed by atoms with E-state index in [0.29, 0.717) is 0 Å². The van der Waals surface area contributed by atoms with Crippen LogP contribution in [-0.4, -0.2) is 28.5 Å². The summed E-state index contributed by atoms with van der Waals surface area (Å²) in [5.41, 5.74) is 0. The molecule has 4 nitrogen and oxygen atoms in total. The molecule has 0 aromatic carbocycles. The van der Waals surface area contributed by atoms with E-state index >= 15 is 0 Å². The molecule has 3 N–H and O–H groups in total. The molecule has 13 heavy (non-hydrogen) atoms. The van der Waals surface area contributed by atoms with Gasteiger partial charge in [-0.15, -0.1) is 0 Å². The molecule has 4 heteroatoms. The standard InChI is InChI=1S/C9H17NO3/c1-6(11)7-4-2-3-5-8(7)10-9(12)13/h6-8,10-11H,2-5H2,1H3,(H,12,13)/t6?,7-,8+/m1/s1. The molecule has 1 aliphatic carbocycles. The lowest BCUT2D eigenvalue weighted by Crippen LogP contribution is -2.45. The summed E-state index contributed by atoms with van der Waals surface area (Å²) in [6, 6.07) is -0.0637. The van der Waals surface area contributed by atoms with Crippen molar-refractivity contribution in [2.75, 3.05) is 0 Å². The molecular formula is C9H17NO3. The van der Waals surface area contributed by atoms with Gasteiger partial charge in [0.05, 0.1) is 6.10 Å². The molecule has 76 valence electrons. The predicted molar refractivity (Wildman–Crippen MR) is 48.6 cm³/mol. The van der Waals surface area contributed by atoms with Gasteiger partial charge in [0.15, 0.2) is 0 Å². The Morgan fingerprint density at radius 1 is 1.46 bits per heavy atom. The van der Waals surface area contributed by atoms with Crippen molar-refractivity contribution in [3.63, 3.8) is 0 Å². The highest BCUT2D eigenvalue weighted by Gasteiger charge is 2.29. The van der Waals surface area contributed by atoms with Crippen LogP contribution in [0.25, 0.3) is 0 Å². The van der Waals surface area contributed by atoms with E-state index in [2.05, 4.69) is 5.32 Å². The molecule has 0 aromatic rings. The molecule has 0 aromatic heterocycles. The summed E-state index contributed by atoms with van der Waals surface area (Å²) in [5.74, 6) is 0.0878. The van der Waals surface area contributed by atoms with Gasteiger partial charge in [-0.25, -0.2) is 4.79 Å². The van der Waals surface area contributed by atoms with Crippen LogP contribution in [0.3, 0.4) is 0 Å². The van der Waals surface area contributed by atoms with Crippen LogP contribution in [0.2, 0.25) is 0 Å². The fraction of sp³-hybridized carbons (Fsp3) is 0.889. The third-order valence-corrected chi connectivity index (χ3v) is 2.75. The van der Waals surface area contributed by atoms with Gasteiger partial charge in [0.2, 0.25) is 0 Å². The highest BCUT2D eigenvalue weighted by molar-refractivity contribution is 5.64. The maximum absolute atomic E-state index is 10.4. The van der Waals surface area contributed by atoms with Crippen LogP contribution in [-0.2, 0) is 0 Å². The molecule has 0 spiro atoms. The lowest BCUT2D eigenvalue weighted by atomic mass is 9.81. The van der Waals surface area contributed by atoms with Crippen molar-refractivity contribution in [1.29, 1.82) is 0 Å². The molecule has 1 fully saturated rings. The Bertz CT molecular complexity index is 182. The minimum Gasteiger partial charge on any atom is -0.465 e. The number of hydrogen-bond acceptors (Lipinski definition) is 2. The van der Waals surface area contributed by atoms with Crippen LogP contribution < -0.4 is 5.32 Å². The molecule has 0 radical (unpaired) electrons. The number of aliphatic hydroxyl groups is 1. The summed E-state index contributed by atoms with van der Waals surface area (Å²) in [6.45, 7) is 1.73. The lowest BCUT2D eigenvalue weighted by molar-refractivity contribution is 0.0757. The Hall–Kier alpha value is -0.770. The summed E-state index contributed by atoms with van der Waals surface area (Å²) in [7, 11) is 0. The van der Waals surface area contributed by atoms with Gasteiger partial charge < -0.3 is 15.5 Å². The first kappa shape index (κ1) is 10.3. The third kappa shape index (κ3) is 2.88. The molecule has 1 rings (SSSR count). The number of aliphatic hydroxyl groups excluding tert-OH is 1. The first-order valence-corrected chi connectivity index (χ1v) is 4.79. The normalized spacial score (nSPS) is 30.9. The summed E-state index contributed by atoms with van der Waals surface area (Å²) in [5, 5.41) is 20.5. The Labute approximate surface area is 78.0 Å².